The van der Waals surface area contributed by atoms with Gasteiger partial charge in [-0.2, -0.15) is 4.31 Å². The molecule has 2 aromatic heterocycles. The van der Waals surface area contributed by atoms with Gasteiger partial charge in [-0.15, -0.1) is 22.7 Å². The minimum absolute atomic E-state index is 0.0765. The van der Waals surface area contributed by atoms with Crippen molar-refractivity contribution in [2.75, 3.05) is 19.6 Å². The second kappa shape index (κ2) is 7.07. The maximum atomic E-state index is 13.0. The van der Waals surface area contributed by atoms with Gasteiger partial charge >= 0.3 is 0 Å². The van der Waals surface area contributed by atoms with Crippen LogP contribution >= 0.6 is 22.7 Å². The summed E-state index contributed by atoms with van der Waals surface area (Å²) in [6, 6.07) is 5.64. The van der Waals surface area contributed by atoms with Crippen molar-refractivity contribution in [1.29, 1.82) is 0 Å². The van der Waals surface area contributed by atoms with E-state index in [9.17, 15) is 13.2 Å². The predicted molar refractivity (Wildman–Crippen MR) is 104 cm³/mol. The van der Waals surface area contributed by atoms with Gasteiger partial charge in [0.2, 0.25) is 5.91 Å². The molecule has 0 N–H and O–H groups in total. The van der Waals surface area contributed by atoms with E-state index in [0.29, 0.717) is 30.1 Å². The zero-order chi connectivity index (χ0) is 18.3. The first-order valence-corrected chi connectivity index (χ1v) is 12.1. The topological polar surface area (TPSA) is 57.7 Å². The zero-order valence-corrected chi connectivity index (χ0v) is 17.1. The molecule has 0 aromatic carbocycles. The fourth-order valence-electron chi connectivity index (χ4n) is 3.93. The molecular weight excluding hydrogens is 388 g/mol. The SMILES string of the molecule is C[C@@H]1c2ccsc2CCN1C(=O)C1CCN(S(=O)(=O)c2cccs2)CC1. The van der Waals surface area contributed by atoms with E-state index < -0.39 is 10.0 Å². The third-order valence-electron chi connectivity index (χ3n) is 5.45. The lowest BCUT2D eigenvalue weighted by molar-refractivity contribution is -0.139. The van der Waals surface area contributed by atoms with Crippen LogP contribution in [0.2, 0.25) is 0 Å². The number of fused-ring (bicyclic) bond motifs is 1. The van der Waals surface area contributed by atoms with E-state index in [1.165, 1.54) is 26.1 Å². The number of amides is 1. The van der Waals surface area contributed by atoms with E-state index in [-0.39, 0.29) is 17.9 Å². The number of sulfonamides is 1. The molecule has 4 heterocycles. The maximum Gasteiger partial charge on any atom is 0.252 e. The maximum absolute atomic E-state index is 13.0. The molecule has 2 aliphatic rings. The molecule has 4 rings (SSSR count). The molecule has 26 heavy (non-hydrogen) atoms. The third kappa shape index (κ3) is 3.13. The first-order valence-electron chi connectivity index (χ1n) is 8.89. The molecule has 1 atom stereocenters. The summed E-state index contributed by atoms with van der Waals surface area (Å²) in [5, 5.41) is 3.88. The van der Waals surface area contributed by atoms with Gasteiger partial charge in [0, 0.05) is 30.4 Å². The van der Waals surface area contributed by atoms with Gasteiger partial charge in [0.15, 0.2) is 0 Å². The highest BCUT2D eigenvalue weighted by molar-refractivity contribution is 7.91. The Kier molecular flexibility index (Phi) is 4.94. The molecule has 0 bridgehead atoms. The van der Waals surface area contributed by atoms with Gasteiger partial charge < -0.3 is 4.90 Å². The number of carbonyl (C=O) groups is 1. The van der Waals surface area contributed by atoms with E-state index in [0.717, 1.165) is 13.0 Å². The second-order valence-corrected chi connectivity index (χ2v) is 11.0. The van der Waals surface area contributed by atoms with E-state index >= 15 is 0 Å². The minimum atomic E-state index is -3.41. The third-order valence-corrected chi connectivity index (χ3v) is 9.72. The van der Waals surface area contributed by atoms with Crippen LogP contribution in [0.1, 0.15) is 36.2 Å². The molecule has 0 saturated carbocycles. The second-order valence-electron chi connectivity index (χ2n) is 6.87. The molecule has 1 amide bonds. The van der Waals surface area contributed by atoms with Gasteiger partial charge in [-0.25, -0.2) is 8.42 Å². The first kappa shape index (κ1) is 18.2. The molecule has 0 radical (unpaired) electrons. The summed E-state index contributed by atoms with van der Waals surface area (Å²) in [4.78, 5) is 16.4. The van der Waals surface area contributed by atoms with Gasteiger partial charge in [-0.1, -0.05) is 6.07 Å². The summed E-state index contributed by atoms with van der Waals surface area (Å²) in [6.45, 7) is 3.70. The smallest absolute Gasteiger partial charge is 0.252 e. The van der Waals surface area contributed by atoms with E-state index in [2.05, 4.69) is 18.4 Å². The van der Waals surface area contributed by atoms with Crippen LogP contribution in [-0.2, 0) is 21.2 Å². The lowest BCUT2D eigenvalue weighted by Gasteiger charge is -2.38. The number of piperidine rings is 1. The van der Waals surface area contributed by atoms with E-state index in [4.69, 9.17) is 0 Å². The first-order chi connectivity index (χ1) is 12.5. The molecule has 1 saturated heterocycles. The minimum Gasteiger partial charge on any atom is -0.335 e. The van der Waals surface area contributed by atoms with Crippen LogP contribution < -0.4 is 0 Å². The lowest BCUT2D eigenvalue weighted by atomic mass is 9.93. The van der Waals surface area contributed by atoms with E-state index in [1.807, 2.05) is 4.90 Å². The monoisotopic (exact) mass is 410 g/mol. The summed E-state index contributed by atoms with van der Waals surface area (Å²) in [6.07, 6.45) is 2.13. The molecule has 0 aliphatic carbocycles. The van der Waals surface area contributed by atoms with Gasteiger partial charge in [0.05, 0.1) is 6.04 Å². The Morgan fingerprint density at radius 1 is 1.12 bits per heavy atom. The van der Waals surface area contributed by atoms with Crippen LogP contribution in [0.15, 0.2) is 33.2 Å². The Hall–Kier alpha value is -1.22. The summed E-state index contributed by atoms with van der Waals surface area (Å²) < 4.78 is 27.2. The molecule has 140 valence electrons. The zero-order valence-electron chi connectivity index (χ0n) is 14.6. The molecule has 8 heteroatoms. The Balaban J connectivity index is 1.42. The van der Waals surface area contributed by atoms with E-state index in [1.54, 1.807) is 28.8 Å². The standard InChI is InChI=1S/C18H22N2O3S3/c1-13-15-7-12-24-16(15)6-10-20(13)18(21)14-4-8-19(9-5-14)26(22,23)17-3-2-11-25-17/h2-3,7,11-14H,4-6,8-10H2,1H3/t13-/m1/s1. The fraction of sp³-hybridized carbons (Fsp3) is 0.500. The Morgan fingerprint density at radius 3 is 2.58 bits per heavy atom. The average molecular weight is 411 g/mol. The van der Waals surface area contributed by atoms with Crippen LogP contribution in [0.5, 0.6) is 0 Å². The Morgan fingerprint density at radius 2 is 1.88 bits per heavy atom. The highest BCUT2D eigenvalue weighted by Crippen LogP contribution is 2.35. The molecule has 2 aliphatic heterocycles. The van der Waals surface area contributed by atoms with Gasteiger partial charge in [-0.05, 0) is 54.6 Å². The number of hydrogen-bond acceptors (Lipinski definition) is 5. The molecule has 5 nitrogen and oxygen atoms in total. The van der Waals surface area contributed by atoms with Crippen LogP contribution in [0.4, 0.5) is 0 Å². The lowest BCUT2D eigenvalue weighted by Crippen LogP contribution is -2.46. The Labute approximate surface area is 162 Å². The molecule has 2 aromatic rings. The van der Waals surface area contributed by atoms with Gasteiger partial charge in [0.25, 0.3) is 10.0 Å². The quantitative estimate of drug-likeness (QED) is 0.780. The summed E-state index contributed by atoms with van der Waals surface area (Å²) >= 11 is 3.01. The average Bonchev–Trinajstić information content (AvgIpc) is 3.34. The largest absolute Gasteiger partial charge is 0.335 e. The molecule has 0 spiro atoms. The normalized spacial score (nSPS) is 22.3. The highest BCUT2D eigenvalue weighted by Gasteiger charge is 2.36. The van der Waals surface area contributed by atoms with Crippen molar-refractivity contribution in [3.8, 4) is 0 Å². The van der Waals surface area contributed by atoms with Gasteiger partial charge in [0.1, 0.15) is 4.21 Å². The fourth-order valence-corrected chi connectivity index (χ4v) is 7.50. The number of nitrogens with zero attached hydrogens (tertiary/aromatic N) is 2. The van der Waals surface area contributed by atoms with Gasteiger partial charge in [-0.3, -0.25) is 4.79 Å². The number of thiophene rings is 2. The molecule has 1 fully saturated rings. The van der Waals surface area contributed by atoms with Crippen LogP contribution in [0, 0.1) is 5.92 Å². The van der Waals surface area contributed by atoms with Crippen molar-refractivity contribution in [2.24, 2.45) is 5.92 Å². The van der Waals surface area contributed by atoms with Crippen LogP contribution in [0.25, 0.3) is 0 Å². The summed E-state index contributed by atoms with van der Waals surface area (Å²) in [5.74, 6) is 0.106. The molecular formula is C18H22N2O3S3. The number of carbonyl (C=O) groups excluding carboxylic acids is 1. The number of hydrogen-bond donors (Lipinski definition) is 0. The summed E-state index contributed by atoms with van der Waals surface area (Å²) in [7, 11) is -3.41. The highest BCUT2D eigenvalue weighted by atomic mass is 32.2. The van der Waals surface area contributed by atoms with Crippen molar-refractivity contribution < 1.29 is 13.2 Å². The van der Waals surface area contributed by atoms with Crippen molar-refractivity contribution in [3.63, 3.8) is 0 Å². The predicted octanol–water partition coefficient (Wildman–Crippen LogP) is 3.36. The number of rotatable bonds is 3. The van der Waals surface area contributed by atoms with Crippen molar-refractivity contribution >= 4 is 38.6 Å². The van der Waals surface area contributed by atoms with Crippen molar-refractivity contribution in [3.05, 3.63) is 39.4 Å². The van der Waals surface area contributed by atoms with Crippen LogP contribution in [0.3, 0.4) is 0 Å². The molecule has 0 unspecified atom stereocenters. The van der Waals surface area contributed by atoms with Crippen molar-refractivity contribution in [1.82, 2.24) is 9.21 Å². The summed E-state index contributed by atoms with van der Waals surface area (Å²) in [5.41, 5.74) is 1.27. The Bertz CT molecular complexity index is 881. The van der Waals surface area contributed by atoms with Crippen molar-refractivity contribution in [2.45, 2.75) is 36.4 Å². The van der Waals surface area contributed by atoms with Crippen LogP contribution in [-0.4, -0.2) is 43.2 Å².